The molecule has 1 atom stereocenters. The van der Waals surface area contributed by atoms with Crippen LogP contribution < -0.4 is 5.32 Å². The van der Waals surface area contributed by atoms with Gasteiger partial charge in [-0.3, -0.25) is 9.59 Å². The Morgan fingerprint density at radius 2 is 2.17 bits per heavy atom. The molecule has 6 nitrogen and oxygen atoms in total. The first-order valence-electron chi connectivity index (χ1n) is 5.39. The average molecular weight is 272 g/mol. The van der Waals surface area contributed by atoms with E-state index in [1.807, 2.05) is 13.8 Å². The molecule has 0 fully saturated rings. The summed E-state index contributed by atoms with van der Waals surface area (Å²) in [6.45, 7) is 3.78. The van der Waals surface area contributed by atoms with Gasteiger partial charge in [0.25, 0.3) is 5.91 Å². The summed E-state index contributed by atoms with van der Waals surface area (Å²) >= 11 is 1.43. The largest absolute Gasteiger partial charge is 0.481 e. The van der Waals surface area contributed by atoms with E-state index in [2.05, 4.69) is 10.3 Å². The Bertz CT molecular complexity index is 444. The maximum absolute atomic E-state index is 11.9. The number of aliphatic carboxylic acids is 1. The van der Waals surface area contributed by atoms with Crippen LogP contribution in [0.15, 0.2) is 0 Å². The van der Waals surface area contributed by atoms with E-state index in [4.69, 9.17) is 9.84 Å². The van der Waals surface area contributed by atoms with Gasteiger partial charge >= 0.3 is 5.97 Å². The second-order valence-corrected chi connectivity index (χ2v) is 5.27. The molecule has 1 heterocycles. The fourth-order valence-electron chi connectivity index (χ4n) is 1.56. The van der Waals surface area contributed by atoms with E-state index >= 15 is 0 Å². The van der Waals surface area contributed by atoms with Crippen molar-refractivity contribution in [2.45, 2.75) is 26.3 Å². The topological polar surface area (TPSA) is 88.5 Å². The molecule has 0 aliphatic carbocycles. The predicted molar refractivity (Wildman–Crippen MR) is 67.0 cm³/mol. The van der Waals surface area contributed by atoms with Gasteiger partial charge in [-0.25, -0.2) is 4.98 Å². The molecule has 1 amide bonds. The number of carboxylic acids is 1. The highest BCUT2D eigenvalue weighted by atomic mass is 32.1. The summed E-state index contributed by atoms with van der Waals surface area (Å²) in [7, 11) is 1.46. The molecule has 0 spiro atoms. The van der Waals surface area contributed by atoms with Crippen molar-refractivity contribution < 1.29 is 19.4 Å². The first-order chi connectivity index (χ1) is 8.43. The number of nitrogens with one attached hydrogen (secondary N) is 1. The van der Waals surface area contributed by atoms with E-state index in [-0.39, 0.29) is 18.9 Å². The molecule has 0 aromatic carbocycles. The summed E-state index contributed by atoms with van der Waals surface area (Å²) < 4.78 is 4.88. The molecule has 1 aromatic rings. The number of ether oxygens (including phenoxy) is 1. The number of amides is 1. The molecule has 0 aliphatic rings. The molecular formula is C11H16N2O4S. The smallest absolute Gasteiger partial charge is 0.305 e. The normalized spacial score (nSPS) is 12.2. The SMILES string of the molecule is COC[C@@H](CC(=O)O)NC(=O)c1nc(C)sc1C. The first-order valence-corrected chi connectivity index (χ1v) is 6.21. The standard InChI is InChI=1S/C11H16N2O4S/c1-6-10(12-7(2)18-6)11(16)13-8(5-17-3)4-9(14)15/h8H,4-5H2,1-3H3,(H,13,16)(H,14,15)/t8-/m1/s1. The number of carbonyl (C=O) groups is 2. The van der Waals surface area contributed by atoms with Crippen molar-refractivity contribution in [3.05, 3.63) is 15.6 Å². The lowest BCUT2D eigenvalue weighted by molar-refractivity contribution is -0.137. The highest BCUT2D eigenvalue weighted by Gasteiger charge is 2.20. The number of thiazole rings is 1. The van der Waals surface area contributed by atoms with Gasteiger partial charge in [0, 0.05) is 12.0 Å². The van der Waals surface area contributed by atoms with Crippen molar-refractivity contribution in [3.8, 4) is 0 Å². The number of hydrogen-bond acceptors (Lipinski definition) is 5. The predicted octanol–water partition coefficient (Wildman–Crippen LogP) is 0.979. The number of hydrogen-bond donors (Lipinski definition) is 2. The van der Waals surface area contributed by atoms with Gasteiger partial charge in [-0.05, 0) is 13.8 Å². The summed E-state index contributed by atoms with van der Waals surface area (Å²) in [5, 5.41) is 12.2. The lowest BCUT2D eigenvalue weighted by Crippen LogP contribution is -2.40. The van der Waals surface area contributed by atoms with E-state index in [9.17, 15) is 9.59 Å². The van der Waals surface area contributed by atoms with Crippen LogP contribution in [0.25, 0.3) is 0 Å². The van der Waals surface area contributed by atoms with Crippen LogP contribution in [0.1, 0.15) is 26.8 Å². The van der Waals surface area contributed by atoms with Crippen molar-refractivity contribution in [2.24, 2.45) is 0 Å². The molecule has 0 radical (unpaired) electrons. The van der Waals surface area contributed by atoms with E-state index in [0.717, 1.165) is 9.88 Å². The second kappa shape index (κ2) is 6.46. The van der Waals surface area contributed by atoms with Crippen molar-refractivity contribution in [1.82, 2.24) is 10.3 Å². The monoisotopic (exact) mass is 272 g/mol. The van der Waals surface area contributed by atoms with Gasteiger partial charge in [0.2, 0.25) is 0 Å². The number of carbonyl (C=O) groups excluding carboxylic acids is 1. The minimum absolute atomic E-state index is 0.153. The third kappa shape index (κ3) is 4.08. The number of carboxylic acid groups (broad SMARTS) is 1. The zero-order valence-corrected chi connectivity index (χ0v) is 11.3. The van der Waals surface area contributed by atoms with Crippen LogP contribution in [0.3, 0.4) is 0 Å². The summed E-state index contributed by atoms with van der Waals surface area (Å²) in [5.74, 6) is -1.34. The maximum atomic E-state index is 11.9. The zero-order valence-electron chi connectivity index (χ0n) is 10.5. The Morgan fingerprint density at radius 1 is 1.50 bits per heavy atom. The van der Waals surface area contributed by atoms with Crippen LogP contribution in [0.2, 0.25) is 0 Å². The van der Waals surface area contributed by atoms with Crippen molar-refractivity contribution in [2.75, 3.05) is 13.7 Å². The van der Waals surface area contributed by atoms with E-state index < -0.39 is 12.0 Å². The van der Waals surface area contributed by atoms with Crippen LogP contribution >= 0.6 is 11.3 Å². The van der Waals surface area contributed by atoms with Crippen LogP contribution in [-0.4, -0.2) is 41.7 Å². The third-order valence-corrected chi connectivity index (χ3v) is 3.13. The third-order valence-electron chi connectivity index (χ3n) is 2.24. The second-order valence-electron chi connectivity index (χ2n) is 3.86. The lowest BCUT2D eigenvalue weighted by Gasteiger charge is -2.15. The Morgan fingerprint density at radius 3 is 2.61 bits per heavy atom. The first kappa shape index (κ1) is 14.6. The van der Waals surface area contributed by atoms with E-state index in [0.29, 0.717) is 5.69 Å². The van der Waals surface area contributed by atoms with Crippen LogP contribution in [0, 0.1) is 13.8 Å². The van der Waals surface area contributed by atoms with Gasteiger partial charge in [-0.1, -0.05) is 0 Å². The van der Waals surface area contributed by atoms with Crippen molar-refractivity contribution >= 4 is 23.2 Å². The minimum atomic E-state index is -0.983. The maximum Gasteiger partial charge on any atom is 0.305 e. The van der Waals surface area contributed by atoms with Gasteiger partial charge in [0.05, 0.1) is 24.1 Å². The molecule has 0 bridgehead atoms. The molecule has 0 saturated carbocycles. The Balaban J connectivity index is 2.71. The molecule has 7 heteroatoms. The van der Waals surface area contributed by atoms with Crippen LogP contribution in [-0.2, 0) is 9.53 Å². The number of aryl methyl sites for hydroxylation is 2. The highest BCUT2D eigenvalue weighted by molar-refractivity contribution is 7.11. The molecule has 0 aliphatic heterocycles. The van der Waals surface area contributed by atoms with E-state index in [1.165, 1.54) is 18.4 Å². The quantitative estimate of drug-likeness (QED) is 0.806. The van der Waals surface area contributed by atoms with E-state index in [1.54, 1.807) is 0 Å². The molecule has 1 aromatic heterocycles. The molecule has 0 saturated heterocycles. The fourth-order valence-corrected chi connectivity index (χ4v) is 2.37. The van der Waals surface area contributed by atoms with Gasteiger partial charge in [0.1, 0.15) is 5.69 Å². The van der Waals surface area contributed by atoms with Gasteiger partial charge in [-0.15, -0.1) is 11.3 Å². The molecule has 1 rings (SSSR count). The van der Waals surface area contributed by atoms with Gasteiger partial charge < -0.3 is 15.2 Å². The average Bonchev–Trinajstić information content (AvgIpc) is 2.57. The molecule has 0 unspecified atom stereocenters. The number of rotatable bonds is 6. The summed E-state index contributed by atoms with van der Waals surface area (Å²) in [6.07, 6.45) is -0.179. The van der Waals surface area contributed by atoms with Crippen molar-refractivity contribution in [1.29, 1.82) is 0 Å². The van der Waals surface area contributed by atoms with Crippen molar-refractivity contribution in [3.63, 3.8) is 0 Å². The van der Waals surface area contributed by atoms with Gasteiger partial charge in [0.15, 0.2) is 0 Å². The molecular weight excluding hydrogens is 256 g/mol. The number of methoxy groups -OCH3 is 1. The van der Waals surface area contributed by atoms with Crippen LogP contribution in [0.4, 0.5) is 0 Å². The summed E-state index contributed by atoms with van der Waals surface area (Å²) in [5.41, 5.74) is 0.351. The summed E-state index contributed by atoms with van der Waals surface area (Å²) in [4.78, 5) is 27.5. The Labute approximate surface area is 109 Å². The number of aromatic nitrogens is 1. The van der Waals surface area contributed by atoms with Gasteiger partial charge in [-0.2, -0.15) is 0 Å². The summed E-state index contributed by atoms with van der Waals surface area (Å²) in [6, 6.07) is -0.554. The number of nitrogens with zero attached hydrogens (tertiary/aromatic N) is 1. The molecule has 18 heavy (non-hydrogen) atoms. The minimum Gasteiger partial charge on any atom is -0.481 e. The highest BCUT2D eigenvalue weighted by Crippen LogP contribution is 2.16. The molecule has 2 N–H and O–H groups in total. The zero-order chi connectivity index (χ0) is 13.7. The molecule has 100 valence electrons. The Hall–Kier alpha value is -1.47. The lowest BCUT2D eigenvalue weighted by atomic mass is 10.2. The fraction of sp³-hybridized carbons (Fsp3) is 0.545. The Kier molecular flexibility index (Phi) is 5.24. The van der Waals surface area contributed by atoms with Crippen LogP contribution in [0.5, 0.6) is 0 Å².